The molecule has 0 unspecified atom stereocenters. The molecule has 0 spiro atoms. The van der Waals surface area contributed by atoms with Crippen LogP contribution in [-0.2, 0) is 6.42 Å². The van der Waals surface area contributed by atoms with Gasteiger partial charge in [-0.05, 0) is 54.4 Å². The van der Waals surface area contributed by atoms with Crippen molar-refractivity contribution in [2.45, 2.75) is 13.3 Å². The van der Waals surface area contributed by atoms with Gasteiger partial charge in [-0.2, -0.15) is 0 Å². The molecule has 1 N–H and O–H groups in total. The molecule has 7 nitrogen and oxygen atoms in total. The number of fused-ring (bicyclic) bond motifs is 2. The van der Waals surface area contributed by atoms with Crippen molar-refractivity contribution >= 4 is 43.8 Å². The summed E-state index contributed by atoms with van der Waals surface area (Å²) in [5, 5.41) is 4.74. The van der Waals surface area contributed by atoms with Crippen LogP contribution in [0.1, 0.15) is 26.4 Å². The summed E-state index contributed by atoms with van der Waals surface area (Å²) in [5.74, 6) is 2.08. The van der Waals surface area contributed by atoms with E-state index >= 15 is 0 Å². The molecule has 1 amide bonds. The number of rotatable bonds is 7. The zero-order valence-electron chi connectivity index (χ0n) is 21.0. The lowest BCUT2D eigenvalue weighted by molar-refractivity contribution is 0.102. The summed E-state index contributed by atoms with van der Waals surface area (Å²) in [6, 6.07) is 19.3. The van der Waals surface area contributed by atoms with Crippen LogP contribution in [0.4, 0.5) is 5.00 Å². The van der Waals surface area contributed by atoms with Crippen LogP contribution in [0.3, 0.4) is 0 Å². The second kappa shape index (κ2) is 10.00. The Bertz CT molecular complexity index is 1620. The molecule has 192 valence electrons. The summed E-state index contributed by atoms with van der Waals surface area (Å²) in [6.07, 6.45) is 0.679. The Labute approximate surface area is 227 Å². The van der Waals surface area contributed by atoms with Crippen LogP contribution in [0.25, 0.3) is 20.8 Å². The van der Waals surface area contributed by atoms with Gasteiger partial charge in [-0.1, -0.05) is 24.3 Å². The average Bonchev–Trinajstić information content (AvgIpc) is 3.65. The number of nitrogens with zero attached hydrogens (tertiary/aromatic N) is 1. The van der Waals surface area contributed by atoms with Crippen LogP contribution in [0.15, 0.2) is 60.7 Å². The number of thiophene rings is 1. The van der Waals surface area contributed by atoms with Crippen molar-refractivity contribution in [2.75, 3.05) is 26.3 Å². The highest BCUT2D eigenvalue weighted by atomic mass is 32.1. The van der Waals surface area contributed by atoms with Gasteiger partial charge >= 0.3 is 0 Å². The van der Waals surface area contributed by atoms with Gasteiger partial charge in [0.15, 0.2) is 11.5 Å². The predicted molar refractivity (Wildman–Crippen MR) is 151 cm³/mol. The molecule has 0 saturated heterocycles. The van der Waals surface area contributed by atoms with Gasteiger partial charge in [-0.3, -0.25) is 4.79 Å². The highest BCUT2D eigenvalue weighted by molar-refractivity contribution is 7.23. The number of benzene rings is 3. The maximum atomic E-state index is 13.6. The zero-order chi connectivity index (χ0) is 26.2. The molecule has 3 heterocycles. The number of hydrogen-bond donors (Lipinski definition) is 1. The van der Waals surface area contributed by atoms with Crippen LogP contribution in [0.2, 0.25) is 0 Å². The standard InChI is InChI=1S/C29H24N2O5S2/c1-16-24(14-17-11-12-19-22(13-17)36-15-35-19)38-29(25(16)28-30-18-7-4-5-10-23(18)37-28)31-27(32)26-20(33-2)8-6-9-21(26)34-3/h4-13H,14-15H2,1-3H3,(H,31,32). The molecule has 5 aromatic rings. The van der Waals surface area contributed by atoms with E-state index in [1.165, 1.54) is 14.2 Å². The number of aromatic nitrogens is 1. The first-order valence-electron chi connectivity index (χ1n) is 11.9. The van der Waals surface area contributed by atoms with Crippen LogP contribution >= 0.6 is 22.7 Å². The van der Waals surface area contributed by atoms with E-state index in [0.717, 1.165) is 53.3 Å². The Balaban J connectivity index is 1.43. The average molecular weight is 545 g/mol. The van der Waals surface area contributed by atoms with E-state index in [2.05, 4.69) is 18.3 Å². The maximum Gasteiger partial charge on any atom is 0.263 e. The molecule has 0 aliphatic carbocycles. The zero-order valence-corrected chi connectivity index (χ0v) is 22.6. The van der Waals surface area contributed by atoms with Gasteiger partial charge in [0.2, 0.25) is 6.79 Å². The summed E-state index contributed by atoms with van der Waals surface area (Å²) >= 11 is 3.16. The summed E-state index contributed by atoms with van der Waals surface area (Å²) in [6.45, 7) is 2.32. The molecular weight excluding hydrogens is 520 g/mol. The van der Waals surface area contributed by atoms with Crippen LogP contribution in [0, 0.1) is 6.92 Å². The summed E-state index contributed by atoms with van der Waals surface area (Å²) in [5.41, 5.74) is 4.37. The topological polar surface area (TPSA) is 78.9 Å². The number of anilines is 1. The lowest BCUT2D eigenvalue weighted by atomic mass is 10.1. The fourth-order valence-electron chi connectivity index (χ4n) is 4.53. The number of para-hydroxylation sites is 1. The van der Waals surface area contributed by atoms with Gasteiger partial charge in [-0.15, -0.1) is 22.7 Å². The third-order valence-electron chi connectivity index (χ3n) is 6.44. The van der Waals surface area contributed by atoms with E-state index in [1.807, 2.05) is 36.4 Å². The molecule has 2 aromatic heterocycles. The quantitative estimate of drug-likeness (QED) is 0.240. The molecule has 38 heavy (non-hydrogen) atoms. The molecule has 1 aliphatic heterocycles. The van der Waals surface area contributed by atoms with E-state index in [4.69, 9.17) is 23.9 Å². The van der Waals surface area contributed by atoms with Crippen molar-refractivity contribution in [3.8, 4) is 33.6 Å². The maximum absolute atomic E-state index is 13.6. The van der Waals surface area contributed by atoms with Crippen molar-refractivity contribution in [3.05, 3.63) is 82.2 Å². The number of amides is 1. The Morgan fingerprint density at radius 3 is 2.50 bits per heavy atom. The minimum absolute atomic E-state index is 0.237. The van der Waals surface area contributed by atoms with Gasteiger partial charge in [0.05, 0.1) is 24.4 Å². The number of methoxy groups -OCH3 is 2. The summed E-state index contributed by atoms with van der Waals surface area (Å²) in [7, 11) is 3.08. The third-order valence-corrected chi connectivity index (χ3v) is 8.70. The largest absolute Gasteiger partial charge is 0.496 e. The third kappa shape index (κ3) is 4.33. The molecular formula is C29H24N2O5S2. The fourth-order valence-corrected chi connectivity index (χ4v) is 6.91. The van der Waals surface area contributed by atoms with E-state index in [1.54, 1.807) is 40.9 Å². The molecule has 0 radical (unpaired) electrons. The van der Waals surface area contributed by atoms with Crippen LogP contribution in [0.5, 0.6) is 23.0 Å². The normalized spacial score (nSPS) is 12.1. The second-order valence-electron chi connectivity index (χ2n) is 8.70. The minimum Gasteiger partial charge on any atom is -0.496 e. The van der Waals surface area contributed by atoms with Crippen molar-refractivity contribution in [2.24, 2.45) is 0 Å². The van der Waals surface area contributed by atoms with E-state index in [0.29, 0.717) is 23.5 Å². The van der Waals surface area contributed by atoms with Crippen LogP contribution < -0.4 is 24.3 Å². The van der Waals surface area contributed by atoms with Gasteiger partial charge < -0.3 is 24.3 Å². The second-order valence-corrected chi connectivity index (χ2v) is 10.8. The number of ether oxygens (including phenoxy) is 4. The number of carbonyl (C=O) groups excluding carboxylic acids is 1. The smallest absolute Gasteiger partial charge is 0.263 e. The molecule has 0 fully saturated rings. The first kappa shape index (κ1) is 24.3. The highest BCUT2D eigenvalue weighted by Crippen LogP contribution is 2.45. The molecule has 1 aliphatic rings. The SMILES string of the molecule is COc1cccc(OC)c1C(=O)Nc1sc(Cc2ccc3c(c2)OCO3)c(C)c1-c1nc2ccccc2s1. The van der Waals surface area contributed by atoms with E-state index in [-0.39, 0.29) is 12.7 Å². The number of nitrogens with one attached hydrogen (secondary N) is 1. The highest BCUT2D eigenvalue weighted by Gasteiger charge is 2.25. The Kier molecular flexibility index (Phi) is 6.39. The Hall–Kier alpha value is -4.08. The van der Waals surface area contributed by atoms with Gasteiger partial charge in [0, 0.05) is 16.9 Å². The lowest BCUT2D eigenvalue weighted by Gasteiger charge is -2.13. The lowest BCUT2D eigenvalue weighted by Crippen LogP contribution is -2.14. The van der Waals surface area contributed by atoms with Crippen molar-refractivity contribution in [1.29, 1.82) is 0 Å². The fraction of sp³-hybridized carbons (Fsp3) is 0.172. The predicted octanol–water partition coefficient (Wildman–Crippen LogP) is 6.92. The van der Waals surface area contributed by atoms with Gasteiger partial charge in [0.1, 0.15) is 27.1 Å². The first-order chi connectivity index (χ1) is 18.6. The minimum atomic E-state index is -0.308. The summed E-state index contributed by atoms with van der Waals surface area (Å²) in [4.78, 5) is 19.7. The van der Waals surface area contributed by atoms with E-state index < -0.39 is 0 Å². The van der Waals surface area contributed by atoms with Crippen molar-refractivity contribution in [3.63, 3.8) is 0 Å². The van der Waals surface area contributed by atoms with Crippen molar-refractivity contribution in [1.82, 2.24) is 4.98 Å². The Morgan fingerprint density at radius 1 is 0.974 bits per heavy atom. The molecule has 3 aromatic carbocycles. The van der Waals surface area contributed by atoms with Gasteiger partial charge in [0.25, 0.3) is 5.91 Å². The van der Waals surface area contributed by atoms with Crippen molar-refractivity contribution < 1.29 is 23.7 Å². The van der Waals surface area contributed by atoms with E-state index in [9.17, 15) is 4.79 Å². The Morgan fingerprint density at radius 2 is 1.74 bits per heavy atom. The monoisotopic (exact) mass is 544 g/mol. The molecule has 9 heteroatoms. The van der Waals surface area contributed by atoms with Gasteiger partial charge in [-0.25, -0.2) is 4.98 Å². The number of thiazole rings is 1. The molecule has 6 rings (SSSR count). The number of carbonyl (C=O) groups is 1. The number of hydrogen-bond acceptors (Lipinski definition) is 8. The molecule has 0 bridgehead atoms. The molecule has 0 saturated carbocycles. The molecule has 0 atom stereocenters. The van der Waals surface area contributed by atoms with Crippen LogP contribution in [-0.4, -0.2) is 31.9 Å². The summed E-state index contributed by atoms with van der Waals surface area (Å²) < 4.78 is 23.1. The first-order valence-corrected chi connectivity index (χ1v) is 13.6.